The van der Waals surface area contributed by atoms with Crippen LogP contribution in [0.15, 0.2) is 29.4 Å². The Kier molecular flexibility index (Phi) is 4.03. The summed E-state index contributed by atoms with van der Waals surface area (Å²) in [5, 5.41) is 13.9. The van der Waals surface area contributed by atoms with E-state index in [1.807, 2.05) is 25.1 Å². The Morgan fingerprint density at radius 2 is 2.06 bits per heavy atom. The third kappa shape index (κ3) is 2.40. The average molecular weight is 244 g/mol. The minimum absolute atomic E-state index is 0.790. The predicted molar refractivity (Wildman–Crippen MR) is 75.5 cm³/mol. The number of fused-ring (bicyclic) bond motifs is 1. The van der Waals surface area contributed by atoms with E-state index in [9.17, 15) is 5.21 Å². The van der Waals surface area contributed by atoms with E-state index in [1.54, 1.807) is 0 Å². The summed E-state index contributed by atoms with van der Waals surface area (Å²) < 4.78 is 0. The Labute approximate surface area is 108 Å². The minimum Gasteiger partial charge on any atom is -0.411 e. The van der Waals surface area contributed by atoms with Crippen molar-refractivity contribution in [3.8, 4) is 0 Å². The van der Waals surface area contributed by atoms with Crippen molar-refractivity contribution < 1.29 is 5.21 Å². The summed E-state index contributed by atoms with van der Waals surface area (Å²) >= 11 is 0. The lowest BCUT2D eigenvalue weighted by Gasteiger charge is -2.04. The Balaban J connectivity index is 2.36. The van der Waals surface area contributed by atoms with Crippen LogP contribution in [0.1, 0.15) is 43.9 Å². The third-order valence-corrected chi connectivity index (χ3v) is 3.32. The van der Waals surface area contributed by atoms with Gasteiger partial charge in [0.05, 0.1) is 5.71 Å². The molecule has 0 unspecified atom stereocenters. The molecule has 2 aromatic rings. The van der Waals surface area contributed by atoms with Crippen molar-refractivity contribution in [2.24, 2.45) is 5.16 Å². The zero-order valence-corrected chi connectivity index (χ0v) is 11.0. The number of hydrogen-bond donors (Lipinski definition) is 2. The summed E-state index contributed by atoms with van der Waals surface area (Å²) in [6, 6.07) is 8.14. The number of aromatic nitrogens is 1. The number of para-hydroxylation sites is 1. The molecule has 0 aliphatic heterocycles. The maximum absolute atomic E-state index is 9.26. The van der Waals surface area contributed by atoms with Crippen LogP contribution in [0.4, 0.5) is 0 Å². The number of unbranched alkanes of at least 4 members (excludes halogenated alkanes) is 2. The zero-order valence-electron chi connectivity index (χ0n) is 11.0. The maximum Gasteiger partial charge on any atom is 0.0891 e. The second kappa shape index (κ2) is 5.71. The van der Waals surface area contributed by atoms with Gasteiger partial charge in [-0.15, -0.1) is 0 Å². The fraction of sp³-hybridized carbons (Fsp3) is 0.400. The SMILES string of the molecule is CCCCC/C(=N/O)c1c(C)[nH]c2ccccc12. The quantitative estimate of drug-likeness (QED) is 0.351. The van der Waals surface area contributed by atoms with Gasteiger partial charge in [-0.1, -0.05) is 43.1 Å². The van der Waals surface area contributed by atoms with Gasteiger partial charge in [-0.3, -0.25) is 0 Å². The van der Waals surface area contributed by atoms with Crippen LogP contribution in [0.5, 0.6) is 0 Å². The largest absolute Gasteiger partial charge is 0.411 e. The first-order chi connectivity index (χ1) is 8.77. The number of rotatable bonds is 5. The first kappa shape index (κ1) is 12.7. The lowest BCUT2D eigenvalue weighted by molar-refractivity contribution is 0.317. The minimum atomic E-state index is 0.790. The Morgan fingerprint density at radius 1 is 1.28 bits per heavy atom. The molecule has 0 aliphatic rings. The van der Waals surface area contributed by atoms with Crippen LogP contribution >= 0.6 is 0 Å². The number of nitrogens with zero attached hydrogens (tertiary/aromatic N) is 1. The molecule has 18 heavy (non-hydrogen) atoms. The number of aryl methyl sites for hydroxylation is 1. The highest BCUT2D eigenvalue weighted by Gasteiger charge is 2.14. The second-order valence-electron chi connectivity index (χ2n) is 4.67. The van der Waals surface area contributed by atoms with Crippen LogP contribution in [-0.2, 0) is 0 Å². The van der Waals surface area contributed by atoms with E-state index in [4.69, 9.17) is 0 Å². The van der Waals surface area contributed by atoms with E-state index in [0.717, 1.165) is 40.7 Å². The van der Waals surface area contributed by atoms with Crippen LogP contribution < -0.4 is 0 Å². The summed E-state index contributed by atoms with van der Waals surface area (Å²) in [5.74, 6) is 0. The number of H-pyrrole nitrogens is 1. The molecule has 0 amide bonds. The molecule has 0 atom stereocenters. The molecule has 0 fully saturated rings. The third-order valence-electron chi connectivity index (χ3n) is 3.32. The van der Waals surface area contributed by atoms with E-state index in [0.29, 0.717) is 0 Å². The van der Waals surface area contributed by atoms with Gasteiger partial charge >= 0.3 is 0 Å². The molecule has 96 valence electrons. The van der Waals surface area contributed by atoms with Gasteiger partial charge in [0.15, 0.2) is 0 Å². The van der Waals surface area contributed by atoms with Crippen LogP contribution in [0.25, 0.3) is 10.9 Å². The van der Waals surface area contributed by atoms with Gasteiger partial charge in [0, 0.05) is 22.2 Å². The number of nitrogens with one attached hydrogen (secondary N) is 1. The highest BCUT2D eigenvalue weighted by atomic mass is 16.4. The molecule has 0 spiro atoms. The van der Waals surface area contributed by atoms with Crippen molar-refractivity contribution in [3.63, 3.8) is 0 Å². The van der Waals surface area contributed by atoms with Crippen molar-refractivity contribution in [2.45, 2.75) is 39.5 Å². The molecule has 0 radical (unpaired) electrons. The highest BCUT2D eigenvalue weighted by Crippen LogP contribution is 2.24. The van der Waals surface area contributed by atoms with E-state index >= 15 is 0 Å². The van der Waals surface area contributed by atoms with Crippen molar-refractivity contribution in [3.05, 3.63) is 35.5 Å². The molecule has 0 saturated carbocycles. The summed E-state index contributed by atoms with van der Waals surface area (Å²) in [4.78, 5) is 3.34. The fourth-order valence-electron chi connectivity index (χ4n) is 2.42. The van der Waals surface area contributed by atoms with Gasteiger partial charge in [-0.05, 0) is 25.8 Å². The standard InChI is InChI=1S/C15H20N2O/c1-3-4-5-10-14(17-18)15-11(2)16-13-9-7-6-8-12(13)15/h6-9,16,18H,3-5,10H2,1-2H3/b17-14-. The Hall–Kier alpha value is -1.77. The average Bonchev–Trinajstić information content (AvgIpc) is 2.71. The first-order valence-electron chi connectivity index (χ1n) is 6.56. The molecule has 2 N–H and O–H groups in total. The number of benzene rings is 1. The molecule has 0 aliphatic carbocycles. The molecule has 3 nitrogen and oxygen atoms in total. The van der Waals surface area contributed by atoms with E-state index in [2.05, 4.69) is 23.1 Å². The van der Waals surface area contributed by atoms with Crippen LogP contribution in [-0.4, -0.2) is 15.9 Å². The van der Waals surface area contributed by atoms with Crippen molar-refractivity contribution in [2.75, 3.05) is 0 Å². The molecule has 1 aromatic carbocycles. The molecule has 1 aromatic heterocycles. The normalized spacial score (nSPS) is 12.2. The Bertz CT molecular complexity index is 555. The van der Waals surface area contributed by atoms with Gasteiger partial charge in [-0.2, -0.15) is 0 Å². The van der Waals surface area contributed by atoms with Gasteiger partial charge in [0.2, 0.25) is 0 Å². The van der Waals surface area contributed by atoms with Crippen molar-refractivity contribution in [1.82, 2.24) is 4.98 Å². The van der Waals surface area contributed by atoms with Crippen LogP contribution in [0.3, 0.4) is 0 Å². The van der Waals surface area contributed by atoms with Crippen molar-refractivity contribution >= 4 is 16.6 Å². The molecule has 3 heteroatoms. The highest BCUT2D eigenvalue weighted by molar-refractivity contribution is 6.11. The van der Waals surface area contributed by atoms with Gasteiger partial charge in [0.1, 0.15) is 0 Å². The topological polar surface area (TPSA) is 48.4 Å². The summed E-state index contributed by atoms with van der Waals surface area (Å²) in [5.41, 5.74) is 4.02. The van der Waals surface area contributed by atoms with Gasteiger partial charge in [0.25, 0.3) is 0 Å². The van der Waals surface area contributed by atoms with Crippen LogP contribution in [0.2, 0.25) is 0 Å². The van der Waals surface area contributed by atoms with E-state index in [1.165, 1.54) is 12.8 Å². The molecular formula is C15H20N2O. The number of oxime groups is 1. The molecule has 2 rings (SSSR count). The smallest absolute Gasteiger partial charge is 0.0891 e. The lowest BCUT2D eigenvalue weighted by atomic mass is 10.0. The summed E-state index contributed by atoms with van der Waals surface area (Å²) in [7, 11) is 0. The van der Waals surface area contributed by atoms with E-state index < -0.39 is 0 Å². The van der Waals surface area contributed by atoms with Gasteiger partial charge in [-0.25, -0.2) is 0 Å². The monoisotopic (exact) mass is 244 g/mol. The van der Waals surface area contributed by atoms with Crippen molar-refractivity contribution in [1.29, 1.82) is 0 Å². The second-order valence-corrected chi connectivity index (χ2v) is 4.67. The molecule has 0 saturated heterocycles. The molecular weight excluding hydrogens is 224 g/mol. The molecule has 0 bridgehead atoms. The predicted octanol–water partition coefficient (Wildman–Crippen LogP) is 4.23. The van der Waals surface area contributed by atoms with Gasteiger partial charge < -0.3 is 10.2 Å². The molecule has 1 heterocycles. The number of hydrogen-bond acceptors (Lipinski definition) is 2. The lowest BCUT2D eigenvalue weighted by Crippen LogP contribution is -2.02. The summed E-state index contributed by atoms with van der Waals surface area (Å²) in [6.45, 7) is 4.20. The first-order valence-corrected chi connectivity index (χ1v) is 6.56. The van der Waals surface area contributed by atoms with E-state index in [-0.39, 0.29) is 0 Å². The number of aromatic amines is 1. The fourth-order valence-corrected chi connectivity index (χ4v) is 2.42. The summed E-state index contributed by atoms with van der Waals surface area (Å²) in [6.07, 6.45) is 4.23. The zero-order chi connectivity index (χ0) is 13.0. The Morgan fingerprint density at radius 3 is 2.78 bits per heavy atom. The van der Waals surface area contributed by atoms with Crippen LogP contribution in [0, 0.1) is 6.92 Å². The maximum atomic E-state index is 9.26.